The number of ether oxygens (including phenoxy) is 3. The Morgan fingerprint density at radius 3 is 0.986 bits per heavy atom. The molecule has 1 unspecified atom stereocenters. The van der Waals surface area contributed by atoms with E-state index in [2.05, 4.69) is 112 Å². The minimum absolute atomic E-state index is 0.112. The van der Waals surface area contributed by atoms with Gasteiger partial charge in [0.05, 0.1) is 0 Å². The zero-order chi connectivity index (χ0) is 50.0. The van der Waals surface area contributed by atoms with Gasteiger partial charge >= 0.3 is 17.9 Å². The molecule has 1 atom stereocenters. The van der Waals surface area contributed by atoms with Gasteiger partial charge in [0.15, 0.2) is 6.10 Å². The summed E-state index contributed by atoms with van der Waals surface area (Å²) in [6, 6.07) is 0. The standard InChI is InChI=1S/C63H106O6/c1-4-7-10-13-16-19-22-25-28-30-32-34-35-38-41-44-47-50-53-56-62(65)68-59-60(58-67-61(64)55-52-49-46-43-40-37-27-24-21-18-15-12-9-6-3)69-63(66)57-54-51-48-45-42-39-36-33-31-29-26-23-20-17-14-11-8-5-2/h7,10,16,19,25,28,32-34,36-38,40-41,47,50,60H,4-6,8-9,11-15,17-18,20-24,26-27,29-31,35,39,42-46,48-49,51-59H2,1-3H3/b10-7-,19-16-,28-25-,34-32-,36-33-,40-37-,41-38-,50-47-. The Hall–Kier alpha value is -3.67. The smallest absolute Gasteiger partial charge is 0.306 e. The van der Waals surface area contributed by atoms with Crippen LogP contribution in [0.25, 0.3) is 0 Å². The molecule has 0 saturated heterocycles. The van der Waals surface area contributed by atoms with Gasteiger partial charge in [-0.2, -0.15) is 0 Å². The summed E-state index contributed by atoms with van der Waals surface area (Å²) in [6.07, 6.45) is 75.5. The topological polar surface area (TPSA) is 78.9 Å². The Morgan fingerprint density at radius 1 is 0.304 bits per heavy atom. The molecule has 0 radical (unpaired) electrons. The third kappa shape index (κ3) is 55.1. The second-order valence-corrected chi connectivity index (χ2v) is 18.8. The van der Waals surface area contributed by atoms with Crippen molar-refractivity contribution in [2.24, 2.45) is 0 Å². The molecule has 0 fully saturated rings. The number of carbonyl (C=O) groups excluding carboxylic acids is 3. The second-order valence-electron chi connectivity index (χ2n) is 18.8. The average Bonchev–Trinajstić information content (AvgIpc) is 3.35. The molecule has 0 aliphatic carbocycles. The summed E-state index contributed by atoms with van der Waals surface area (Å²) in [4.78, 5) is 38.1. The molecule has 0 rings (SSSR count). The fraction of sp³-hybridized carbons (Fsp3) is 0.698. The first kappa shape index (κ1) is 65.3. The first-order valence-corrected chi connectivity index (χ1v) is 28.7. The summed E-state index contributed by atoms with van der Waals surface area (Å²) in [5, 5.41) is 0. The molecule has 0 spiro atoms. The molecule has 0 aromatic rings. The molecule has 0 aromatic carbocycles. The molecule has 0 N–H and O–H groups in total. The number of rotatable bonds is 51. The minimum atomic E-state index is -0.819. The predicted octanol–water partition coefficient (Wildman–Crippen LogP) is 19.3. The van der Waals surface area contributed by atoms with E-state index in [4.69, 9.17) is 14.2 Å². The van der Waals surface area contributed by atoms with Gasteiger partial charge < -0.3 is 14.2 Å². The highest BCUT2D eigenvalue weighted by Gasteiger charge is 2.19. The van der Waals surface area contributed by atoms with Crippen LogP contribution in [0.1, 0.15) is 265 Å². The van der Waals surface area contributed by atoms with E-state index in [1.807, 2.05) is 6.08 Å². The van der Waals surface area contributed by atoms with Crippen LogP contribution in [0, 0.1) is 0 Å². The van der Waals surface area contributed by atoms with Gasteiger partial charge in [-0.25, -0.2) is 0 Å². The van der Waals surface area contributed by atoms with E-state index in [0.717, 1.165) is 103 Å². The van der Waals surface area contributed by atoms with Crippen LogP contribution < -0.4 is 0 Å². The lowest BCUT2D eigenvalue weighted by Gasteiger charge is -2.18. The van der Waals surface area contributed by atoms with Crippen LogP contribution in [0.5, 0.6) is 0 Å². The van der Waals surface area contributed by atoms with Crippen LogP contribution in [0.15, 0.2) is 97.2 Å². The molecule has 0 aromatic heterocycles. The van der Waals surface area contributed by atoms with Crippen LogP contribution in [0.3, 0.4) is 0 Å². The predicted molar refractivity (Wildman–Crippen MR) is 297 cm³/mol. The zero-order valence-corrected chi connectivity index (χ0v) is 45.0. The Labute approximate surface area is 426 Å². The van der Waals surface area contributed by atoms with E-state index >= 15 is 0 Å². The quantitative estimate of drug-likeness (QED) is 0.0262. The van der Waals surface area contributed by atoms with Crippen molar-refractivity contribution in [2.45, 2.75) is 271 Å². The van der Waals surface area contributed by atoms with E-state index in [0.29, 0.717) is 19.3 Å². The van der Waals surface area contributed by atoms with Crippen LogP contribution in [-0.2, 0) is 28.6 Å². The van der Waals surface area contributed by atoms with Gasteiger partial charge in [-0.1, -0.05) is 234 Å². The summed E-state index contributed by atoms with van der Waals surface area (Å²) in [5.74, 6) is -1.02. The minimum Gasteiger partial charge on any atom is -0.462 e. The normalized spacial score (nSPS) is 12.8. The van der Waals surface area contributed by atoms with E-state index in [9.17, 15) is 14.4 Å². The van der Waals surface area contributed by atoms with Crippen molar-refractivity contribution in [1.29, 1.82) is 0 Å². The number of carbonyl (C=O) groups is 3. The molecule has 0 aliphatic rings. The zero-order valence-electron chi connectivity index (χ0n) is 45.0. The molecule has 6 heteroatoms. The van der Waals surface area contributed by atoms with Crippen molar-refractivity contribution in [3.05, 3.63) is 97.2 Å². The maximum Gasteiger partial charge on any atom is 0.306 e. The van der Waals surface area contributed by atoms with Crippen molar-refractivity contribution >= 4 is 17.9 Å². The van der Waals surface area contributed by atoms with E-state index in [1.165, 1.54) is 116 Å². The van der Waals surface area contributed by atoms with Gasteiger partial charge in [0.1, 0.15) is 13.2 Å². The maximum atomic E-state index is 12.9. The van der Waals surface area contributed by atoms with E-state index < -0.39 is 6.10 Å². The highest BCUT2D eigenvalue weighted by molar-refractivity contribution is 5.71. The molecule has 6 nitrogen and oxygen atoms in total. The number of unbranched alkanes of at least 4 members (excludes halogenated alkanes) is 24. The molecule has 0 amide bonds. The molecular formula is C63H106O6. The van der Waals surface area contributed by atoms with Crippen molar-refractivity contribution < 1.29 is 28.6 Å². The van der Waals surface area contributed by atoms with Gasteiger partial charge in [-0.05, 0) is 109 Å². The molecule has 0 heterocycles. The first-order valence-electron chi connectivity index (χ1n) is 28.7. The fourth-order valence-electron chi connectivity index (χ4n) is 7.75. The number of hydrogen-bond acceptors (Lipinski definition) is 6. The monoisotopic (exact) mass is 959 g/mol. The van der Waals surface area contributed by atoms with Crippen molar-refractivity contribution in [3.63, 3.8) is 0 Å². The Kier molecular flexibility index (Phi) is 53.9. The molecule has 69 heavy (non-hydrogen) atoms. The highest BCUT2D eigenvalue weighted by Crippen LogP contribution is 2.14. The first-order chi connectivity index (χ1) is 34.0. The van der Waals surface area contributed by atoms with Crippen molar-refractivity contribution in [3.8, 4) is 0 Å². The van der Waals surface area contributed by atoms with E-state index in [-0.39, 0.29) is 37.5 Å². The number of esters is 3. The van der Waals surface area contributed by atoms with Gasteiger partial charge in [0.25, 0.3) is 0 Å². The largest absolute Gasteiger partial charge is 0.462 e. The summed E-state index contributed by atoms with van der Waals surface area (Å²) in [5.41, 5.74) is 0. The third-order valence-corrected chi connectivity index (χ3v) is 12.1. The average molecular weight is 960 g/mol. The van der Waals surface area contributed by atoms with Crippen LogP contribution in [0.4, 0.5) is 0 Å². The summed E-state index contributed by atoms with van der Waals surface area (Å²) >= 11 is 0. The van der Waals surface area contributed by atoms with Gasteiger partial charge in [-0.15, -0.1) is 0 Å². The van der Waals surface area contributed by atoms with Crippen molar-refractivity contribution in [1.82, 2.24) is 0 Å². The van der Waals surface area contributed by atoms with Crippen LogP contribution in [-0.4, -0.2) is 37.2 Å². The van der Waals surface area contributed by atoms with Gasteiger partial charge in [-0.3, -0.25) is 14.4 Å². The Morgan fingerprint density at radius 2 is 0.594 bits per heavy atom. The molecule has 0 aliphatic heterocycles. The SMILES string of the molecule is CC/C=C\C/C=C\C/C=C\C/C=C\C/C=C\C/C=C\CCC(=O)OCC(COC(=O)CCCCC/C=C\CCCCCCCCC)OC(=O)CCCCCCC/C=C\CCCCCCCCCCC. The summed E-state index contributed by atoms with van der Waals surface area (Å²) in [7, 11) is 0. The Bertz CT molecular complexity index is 1380. The summed E-state index contributed by atoms with van der Waals surface area (Å²) < 4.78 is 16.8. The number of hydrogen-bond donors (Lipinski definition) is 0. The Balaban J connectivity index is 4.52. The number of allylic oxidation sites excluding steroid dienone is 16. The third-order valence-electron chi connectivity index (χ3n) is 12.1. The van der Waals surface area contributed by atoms with Crippen LogP contribution in [0.2, 0.25) is 0 Å². The highest BCUT2D eigenvalue weighted by atomic mass is 16.6. The van der Waals surface area contributed by atoms with Gasteiger partial charge in [0.2, 0.25) is 0 Å². The van der Waals surface area contributed by atoms with Crippen molar-refractivity contribution in [2.75, 3.05) is 13.2 Å². The van der Waals surface area contributed by atoms with Crippen LogP contribution >= 0.6 is 0 Å². The molecule has 394 valence electrons. The molecular weight excluding hydrogens is 853 g/mol. The maximum absolute atomic E-state index is 12.9. The van der Waals surface area contributed by atoms with E-state index in [1.54, 1.807) is 0 Å². The summed E-state index contributed by atoms with van der Waals surface area (Å²) in [6.45, 7) is 6.45. The lowest BCUT2D eigenvalue weighted by atomic mass is 10.1. The van der Waals surface area contributed by atoms with Gasteiger partial charge in [0, 0.05) is 19.3 Å². The molecule has 0 saturated carbocycles. The lowest BCUT2D eigenvalue weighted by Crippen LogP contribution is -2.30. The molecule has 0 bridgehead atoms. The fourth-order valence-corrected chi connectivity index (χ4v) is 7.75. The second kappa shape index (κ2) is 56.9. The lowest BCUT2D eigenvalue weighted by molar-refractivity contribution is -0.166.